The van der Waals surface area contributed by atoms with Gasteiger partial charge in [-0.05, 0) is 55.7 Å². The number of allylic oxidation sites excluding steroid dienone is 2. The van der Waals surface area contributed by atoms with Crippen LogP contribution in [-0.4, -0.2) is 20.9 Å². The molecule has 0 bridgehead atoms. The Morgan fingerprint density at radius 3 is 2.16 bits per heavy atom. The quantitative estimate of drug-likeness (QED) is 0.0933. The SMILES string of the molecule is CCC(C)(CC)C(=O)/C=C(\O)C(C)(CC)CC.Cc1coc2ccc3c(oc4ncnc(-c5[c-]c6ccccc6c(C(C)(C)C)c5)c43)c12.[Ir]. The number of carbonyl (C=O) groups is 1. The second-order valence-corrected chi connectivity index (χ2v) is 14.6. The van der Waals surface area contributed by atoms with Crippen LogP contribution in [0, 0.1) is 23.8 Å². The first-order valence-corrected chi connectivity index (χ1v) is 17.2. The zero-order valence-electron chi connectivity index (χ0n) is 30.5. The molecule has 1 radical (unpaired) electrons. The monoisotopic (exact) mass is 838 g/mol. The van der Waals surface area contributed by atoms with Crippen LogP contribution in [0.15, 0.2) is 75.7 Å². The fourth-order valence-corrected chi connectivity index (χ4v) is 6.20. The molecule has 7 heteroatoms. The standard InChI is InChI=1S/C27H21N2O2.C15H28O2.Ir/c1-15-13-30-21-10-9-19-23-24(28-14-29-26(23)31-25(19)22(15)21)17-11-16-7-5-6-8-18(16)20(12-17)27(2,3)4;1-7-14(5,8-2)12(16)11-13(17)15(6,9-3)10-4;/h5-10,12-14H,1-4H3;11,16H,7-10H2,1-6H3;/q-1;;/b;12-11-;. The number of furan rings is 2. The van der Waals surface area contributed by atoms with Crippen molar-refractivity contribution in [2.45, 2.75) is 100 Å². The molecule has 0 unspecified atom stereocenters. The van der Waals surface area contributed by atoms with Crippen LogP contribution in [0.5, 0.6) is 0 Å². The molecule has 0 fully saturated rings. The van der Waals surface area contributed by atoms with Crippen LogP contribution in [0.1, 0.15) is 99.1 Å². The third-order valence-corrected chi connectivity index (χ3v) is 10.6. The molecule has 0 amide bonds. The molecule has 6 aromatic rings. The first-order chi connectivity index (χ1) is 22.7. The summed E-state index contributed by atoms with van der Waals surface area (Å²) >= 11 is 0. The molecule has 0 atom stereocenters. The Labute approximate surface area is 303 Å². The first kappa shape index (κ1) is 38.0. The average molecular weight is 838 g/mol. The van der Waals surface area contributed by atoms with Crippen molar-refractivity contribution in [3.05, 3.63) is 84.1 Å². The zero-order chi connectivity index (χ0) is 35.0. The van der Waals surface area contributed by atoms with E-state index in [9.17, 15) is 9.90 Å². The smallest absolute Gasteiger partial charge is 0.223 e. The molecule has 0 saturated heterocycles. The number of aliphatic hydroxyl groups excluding tert-OH is 1. The maximum Gasteiger partial charge on any atom is 0.223 e. The van der Waals surface area contributed by atoms with Crippen LogP contribution in [-0.2, 0) is 30.3 Å². The predicted octanol–water partition coefficient (Wildman–Crippen LogP) is 12.0. The Bertz CT molecular complexity index is 2140. The third kappa shape index (κ3) is 7.11. The maximum atomic E-state index is 12.2. The largest absolute Gasteiger partial charge is 0.512 e. The summed E-state index contributed by atoms with van der Waals surface area (Å²) in [6.07, 6.45) is 8.08. The van der Waals surface area contributed by atoms with Crippen LogP contribution < -0.4 is 0 Å². The molecule has 0 aliphatic carbocycles. The molecule has 261 valence electrons. The van der Waals surface area contributed by atoms with E-state index >= 15 is 0 Å². The summed E-state index contributed by atoms with van der Waals surface area (Å²) in [5, 5.41) is 15.3. The van der Waals surface area contributed by atoms with Gasteiger partial charge in [-0.1, -0.05) is 91.5 Å². The molecule has 6 rings (SSSR count). The molecule has 49 heavy (non-hydrogen) atoms. The summed E-state index contributed by atoms with van der Waals surface area (Å²) in [5.74, 6) is 0.286. The normalized spacial score (nSPS) is 12.7. The second kappa shape index (κ2) is 14.6. The van der Waals surface area contributed by atoms with Gasteiger partial charge in [-0.2, -0.15) is 0 Å². The number of hydrogen-bond acceptors (Lipinski definition) is 6. The zero-order valence-corrected chi connectivity index (χ0v) is 32.9. The minimum atomic E-state index is -0.337. The second-order valence-electron chi connectivity index (χ2n) is 14.6. The topological polar surface area (TPSA) is 89.4 Å². The molecule has 3 heterocycles. The molecule has 0 aliphatic rings. The number of nitrogens with zero attached hydrogens (tertiary/aromatic N) is 2. The van der Waals surface area contributed by atoms with Crippen molar-refractivity contribution in [2.75, 3.05) is 0 Å². The van der Waals surface area contributed by atoms with Gasteiger partial charge in [0.15, 0.2) is 5.78 Å². The number of aryl methyl sites for hydroxylation is 1. The summed E-state index contributed by atoms with van der Waals surface area (Å²) < 4.78 is 11.9. The van der Waals surface area contributed by atoms with Gasteiger partial charge in [0.05, 0.1) is 11.6 Å². The van der Waals surface area contributed by atoms with Crippen molar-refractivity contribution >= 4 is 49.6 Å². The number of hydrogen-bond donors (Lipinski definition) is 1. The number of ketones is 1. The summed E-state index contributed by atoms with van der Waals surface area (Å²) in [6.45, 7) is 20.8. The van der Waals surface area contributed by atoms with Crippen LogP contribution >= 0.6 is 0 Å². The van der Waals surface area contributed by atoms with Crippen LogP contribution in [0.3, 0.4) is 0 Å². The number of fused-ring (bicyclic) bond motifs is 6. The summed E-state index contributed by atoms with van der Waals surface area (Å²) in [7, 11) is 0. The van der Waals surface area contributed by atoms with E-state index in [4.69, 9.17) is 13.8 Å². The molecule has 3 aromatic heterocycles. The van der Waals surface area contributed by atoms with Crippen molar-refractivity contribution in [1.82, 2.24) is 9.97 Å². The Balaban J connectivity index is 0.000000260. The molecule has 3 aromatic carbocycles. The number of rotatable bonds is 8. The van der Waals surface area contributed by atoms with E-state index in [1.807, 2.05) is 60.6 Å². The predicted molar refractivity (Wildman–Crippen MR) is 197 cm³/mol. The molecule has 0 spiro atoms. The van der Waals surface area contributed by atoms with E-state index in [0.717, 1.165) is 75.2 Å². The Morgan fingerprint density at radius 2 is 1.53 bits per heavy atom. The fraction of sp³-hybridized carbons (Fsp3) is 0.405. The van der Waals surface area contributed by atoms with Gasteiger partial charge in [0.1, 0.15) is 23.3 Å². The van der Waals surface area contributed by atoms with Crippen LogP contribution in [0.2, 0.25) is 0 Å². The van der Waals surface area contributed by atoms with Gasteiger partial charge in [0.25, 0.3) is 0 Å². The van der Waals surface area contributed by atoms with Crippen LogP contribution in [0.25, 0.3) is 55.1 Å². The van der Waals surface area contributed by atoms with Crippen LogP contribution in [0.4, 0.5) is 0 Å². The Morgan fingerprint density at radius 1 is 0.878 bits per heavy atom. The van der Waals surface area contributed by atoms with Gasteiger partial charge in [-0.25, -0.2) is 4.98 Å². The number of aromatic nitrogens is 2. The molecule has 1 N–H and O–H groups in total. The fourth-order valence-electron chi connectivity index (χ4n) is 6.20. The first-order valence-electron chi connectivity index (χ1n) is 17.2. The van der Waals surface area contributed by atoms with Gasteiger partial charge in [0.2, 0.25) is 5.71 Å². The minimum absolute atomic E-state index is 0. The Kier molecular flexibility index (Phi) is 11.3. The Hall–Kier alpha value is -3.80. The molecular formula is C42H49IrN2O4-. The van der Waals surface area contributed by atoms with Gasteiger partial charge in [0, 0.05) is 53.5 Å². The maximum absolute atomic E-state index is 12.2. The van der Waals surface area contributed by atoms with Gasteiger partial charge in [-0.15, -0.1) is 29.1 Å². The van der Waals surface area contributed by atoms with E-state index in [2.05, 4.69) is 62.2 Å². The van der Waals surface area contributed by atoms with Crippen molar-refractivity contribution in [2.24, 2.45) is 10.8 Å². The summed E-state index contributed by atoms with van der Waals surface area (Å²) in [5.41, 5.74) is 5.65. The van der Waals surface area contributed by atoms with E-state index in [1.165, 1.54) is 17.0 Å². The van der Waals surface area contributed by atoms with Crippen molar-refractivity contribution in [3.63, 3.8) is 0 Å². The van der Waals surface area contributed by atoms with E-state index in [1.54, 1.807) is 12.6 Å². The van der Waals surface area contributed by atoms with Crippen molar-refractivity contribution in [3.8, 4) is 11.3 Å². The van der Waals surface area contributed by atoms with Gasteiger partial charge < -0.3 is 13.9 Å². The molecule has 6 nitrogen and oxygen atoms in total. The number of benzene rings is 3. The number of carbonyl (C=O) groups excluding carboxylic acids is 1. The van der Waals surface area contributed by atoms with E-state index < -0.39 is 0 Å². The van der Waals surface area contributed by atoms with Crippen molar-refractivity contribution < 1.29 is 38.8 Å². The number of aliphatic hydroxyl groups is 1. The molecule has 0 saturated carbocycles. The third-order valence-electron chi connectivity index (χ3n) is 10.6. The molecule has 0 aliphatic heterocycles. The van der Waals surface area contributed by atoms with Gasteiger partial charge in [-0.3, -0.25) is 9.78 Å². The molecular weight excluding hydrogens is 789 g/mol. The van der Waals surface area contributed by atoms with Crippen molar-refractivity contribution in [1.29, 1.82) is 0 Å². The van der Waals surface area contributed by atoms with Gasteiger partial charge >= 0.3 is 0 Å². The summed E-state index contributed by atoms with van der Waals surface area (Å²) in [6, 6.07) is 18.2. The van der Waals surface area contributed by atoms with E-state index in [0.29, 0.717) is 5.71 Å². The minimum Gasteiger partial charge on any atom is -0.512 e. The van der Waals surface area contributed by atoms with E-state index in [-0.39, 0.29) is 47.9 Å². The average Bonchev–Trinajstić information content (AvgIpc) is 3.66. The summed E-state index contributed by atoms with van der Waals surface area (Å²) in [4.78, 5) is 21.3.